The van der Waals surface area contributed by atoms with Gasteiger partial charge in [-0.3, -0.25) is 9.69 Å². The molecule has 0 N–H and O–H groups in total. The van der Waals surface area contributed by atoms with Crippen molar-refractivity contribution in [2.75, 3.05) is 19.7 Å². The van der Waals surface area contributed by atoms with E-state index >= 15 is 0 Å². The van der Waals surface area contributed by atoms with E-state index in [9.17, 15) is 4.79 Å². The van der Waals surface area contributed by atoms with Crippen LogP contribution in [0, 0.1) is 6.92 Å². The van der Waals surface area contributed by atoms with Crippen molar-refractivity contribution in [3.8, 4) is 0 Å². The number of carbonyl (C=O) groups excluding carboxylic acids is 1. The van der Waals surface area contributed by atoms with Gasteiger partial charge in [-0.25, -0.2) is 0 Å². The van der Waals surface area contributed by atoms with Crippen molar-refractivity contribution in [1.29, 1.82) is 0 Å². The first-order chi connectivity index (χ1) is 9.61. The van der Waals surface area contributed by atoms with Gasteiger partial charge in [0.25, 0.3) is 0 Å². The van der Waals surface area contributed by atoms with Crippen LogP contribution in [0.2, 0.25) is 0 Å². The van der Waals surface area contributed by atoms with E-state index in [-0.39, 0.29) is 12.0 Å². The fourth-order valence-corrected chi connectivity index (χ4v) is 3.01. The van der Waals surface area contributed by atoms with Gasteiger partial charge in [-0.2, -0.15) is 0 Å². The zero-order valence-electron chi connectivity index (χ0n) is 12.2. The monoisotopic (exact) mass is 339 g/mol. The van der Waals surface area contributed by atoms with Gasteiger partial charge in [0, 0.05) is 10.5 Å². The summed E-state index contributed by atoms with van der Waals surface area (Å²) >= 11 is 3.53. The number of aryl methyl sites for hydroxylation is 1. The van der Waals surface area contributed by atoms with Gasteiger partial charge in [0.2, 0.25) is 0 Å². The Bertz CT molecular complexity index is 470. The van der Waals surface area contributed by atoms with Crippen molar-refractivity contribution in [2.24, 2.45) is 0 Å². The summed E-state index contributed by atoms with van der Waals surface area (Å²) in [5.41, 5.74) is 2.41. The average molecular weight is 340 g/mol. The van der Waals surface area contributed by atoms with Crippen LogP contribution >= 0.6 is 15.9 Å². The van der Waals surface area contributed by atoms with Crippen LogP contribution in [0.25, 0.3) is 0 Å². The summed E-state index contributed by atoms with van der Waals surface area (Å²) in [6, 6.07) is 6.49. The molecule has 20 heavy (non-hydrogen) atoms. The third-order valence-electron chi connectivity index (χ3n) is 3.81. The van der Waals surface area contributed by atoms with Crippen LogP contribution in [0.1, 0.15) is 43.4 Å². The van der Waals surface area contributed by atoms with Crippen LogP contribution in [0.4, 0.5) is 0 Å². The molecule has 0 aliphatic carbocycles. The number of halogens is 1. The first kappa shape index (κ1) is 15.5. The number of hydrogen-bond donors (Lipinski definition) is 0. The van der Waals surface area contributed by atoms with E-state index in [1.165, 1.54) is 24.0 Å². The summed E-state index contributed by atoms with van der Waals surface area (Å²) in [6.07, 6.45) is 2.87. The van der Waals surface area contributed by atoms with Crippen molar-refractivity contribution in [2.45, 2.75) is 39.2 Å². The van der Waals surface area contributed by atoms with Crippen LogP contribution in [0.3, 0.4) is 0 Å². The molecule has 0 radical (unpaired) electrons. The summed E-state index contributed by atoms with van der Waals surface area (Å²) in [5.74, 6) is -0.107. The second-order valence-electron chi connectivity index (χ2n) is 5.28. The number of rotatable bonds is 5. The van der Waals surface area contributed by atoms with Gasteiger partial charge < -0.3 is 4.74 Å². The summed E-state index contributed by atoms with van der Waals surface area (Å²) in [4.78, 5) is 14.3. The van der Waals surface area contributed by atoms with E-state index in [4.69, 9.17) is 4.74 Å². The lowest BCUT2D eigenvalue weighted by Crippen LogP contribution is -2.28. The third kappa shape index (κ3) is 3.83. The van der Waals surface area contributed by atoms with Gasteiger partial charge in [0.05, 0.1) is 13.0 Å². The molecule has 3 nitrogen and oxygen atoms in total. The van der Waals surface area contributed by atoms with Crippen LogP contribution in [-0.2, 0) is 9.53 Å². The molecule has 0 amide bonds. The van der Waals surface area contributed by atoms with E-state index in [0.29, 0.717) is 13.0 Å². The largest absolute Gasteiger partial charge is 0.466 e. The van der Waals surface area contributed by atoms with E-state index in [1.54, 1.807) is 0 Å². The topological polar surface area (TPSA) is 29.5 Å². The van der Waals surface area contributed by atoms with E-state index < -0.39 is 0 Å². The predicted molar refractivity (Wildman–Crippen MR) is 83.7 cm³/mol. The molecule has 1 aromatic rings. The Hall–Kier alpha value is -0.870. The van der Waals surface area contributed by atoms with E-state index in [2.05, 4.69) is 46.0 Å². The maximum atomic E-state index is 11.9. The predicted octanol–water partition coefficient (Wildman–Crippen LogP) is 3.85. The Morgan fingerprint density at radius 3 is 2.70 bits per heavy atom. The normalized spacial score (nSPS) is 17.1. The Labute approximate surface area is 129 Å². The Morgan fingerprint density at radius 1 is 1.40 bits per heavy atom. The zero-order chi connectivity index (χ0) is 14.5. The summed E-state index contributed by atoms with van der Waals surface area (Å²) in [6.45, 7) is 6.52. The number of esters is 1. The van der Waals surface area contributed by atoms with Gasteiger partial charge in [-0.15, -0.1) is 0 Å². The molecular formula is C16H22BrNO2. The van der Waals surface area contributed by atoms with Gasteiger partial charge >= 0.3 is 5.97 Å². The van der Waals surface area contributed by atoms with Gasteiger partial charge in [-0.1, -0.05) is 28.1 Å². The first-order valence-electron chi connectivity index (χ1n) is 7.27. The minimum absolute atomic E-state index is 0.107. The molecular weight excluding hydrogens is 318 g/mol. The quantitative estimate of drug-likeness (QED) is 0.763. The maximum Gasteiger partial charge on any atom is 0.307 e. The van der Waals surface area contributed by atoms with Crippen molar-refractivity contribution in [3.05, 3.63) is 33.8 Å². The molecule has 1 fully saturated rings. The number of benzene rings is 1. The van der Waals surface area contributed by atoms with E-state index in [0.717, 1.165) is 17.6 Å². The molecule has 0 saturated carbocycles. The van der Waals surface area contributed by atoms with Gasteiger partial charge in [0.1, 0.15) is 0 Å². The van der Waals surface area contributed by atoms with Crippen molar-refractivity contribution >= 4 is 21.9 Å². The molecule has 0 bridgehead atoms. The highest BCUT2D eigenvalue weighted by molar-refractivity contribution is 9.10. The van der Waals surface area contributed by atoms with Gasteiger partial charge in [0.15, 0.2) is 0 Å². The number of carbonyl (C=O) groups is 1. The molecule has 1 aliphatic rings. The van der Waals surface area contributed by atoms with E-state index in [1.807, 2.05) is 6.92 Å². The highest BCUT2D eigenvalue weighted by Crippen LogP contribution is 2.30. The lowest BCUT2D eigenvalue weighted by atomic mass is 10.0. The molecule has 110 valence electrons. The van der Waals surface area contributed by atoms with Crippen LogP contribution in [0.5, 0.6) is 0 Å². The lowest BCUT2D eigenvalue weighted by Gasteiger charge is -2.27. The van der Waals surface area contributed by atoms with Crippen LogP contribution in [-0.4, -0.2) is 30.6 Å². The Morgan fingerprint density at radius 2 is 2.10 bits per heavy atom. The van der Waals surface area contributed by atoms with Crippen molar-refractivity contribution in [1.82, 2.24) is 4.90 Å². The van der Waals surface area contributed by atoms with Crippen LogP contribution < -0.4 is 0 Å². The molecule has 1 aromatic carbocycles. The molecule has 2 rings (SSSR count). The number of likely N-dealkylation sites (tertiary alicyclic amines) is 1. The standard InChI is InChI=1S/C16H22BrNO2/c1-3-20-16(19)11-15(18-8-4-5-9-18)13-6-7-14(17)12(2)10-13/h6-7,10,15H,3-5,8-9,11H2,1-2H3. The zero-order valence-corrected chi connectivity index (χ0v) is 13.8. The minimum atomic E-state index is -0.107. The Kier molecular flexibility index (Phi) is 5.61. The minimum Gasteiger partial charge on any atom is -0.466 e. The highest BCUT2D eigenvalue weighted by atomic mass is 79.9. The number of hydrogen-bond acceptors (Lipinski definition) is 3. The third-order valence-corrected chi connectivity index (χ3v) is 4.70. The SMILES string of the molecule is CCOC(=O)CC(c1ccc(Br)c(C)c1)N1CCCC1. The smallest absolute Gasteiger partial charge is 0.307 e. The molecule has 0 aromatic heterocycles. The highest BCUT2D eigenvalue weighted by Gasteiger charge is 2.26. The van der Waals surface area contributed by atoms with Crippen molar-refractivity contribution in [3.63, 3.8) is 0 Å². The average Bonchev–Trinajstić information content (AvgIpc) is 2.93. The Balaban J connectivity index is 2.20. The molecule has 0 spiro atoms. The fraction of sp³-hybridized carbons (Fsp3) is 0.562. The summed E-state index contributed by atoms with van der Waals surface area (Å²) in [7, 11) is 0. The first-order valence-corrected chi connectivity index (χ1v) is 8.07. The maximum absolute atomic E-state index is 11.9. The molecule has 1 atom stereocenters. The van der Waals surface area contributed by atoms with Crippen LogP contribution in [0.15, 0.2) is 22.7 Å². The summed E-state index contributed by atoms with van der Waals surface area (Å²) < 4.78 is 6.24. The molecule has 1 unspecified atom stereocenters. The molecule has 1 saturated heterocycles. The molecule has 4 heteroatoms. The second-order valence-corrected chi connectivity index (χ2v) is 6.13. The number of nitrogens with zero attached hydrogens (tertiary/aromatic N) is 1. The fourth-order valence-electron chi connectivity index (χ4n) is 2.76. The van der Waals surface area contributed by atoms with Gasteiger partial charge in [-0.05, 0) is 57.0 Å². The molecule has 1 aliphatic heterocycles. The summed E-state index contributed by atoms with van der Waals surface area (Å²) in [5, 5.41) is 0. The lowest BCUT2D eigenvalue weighted by molar-refractivity contribution is -0.144. The second kappa shape index (κ2) is 7.23. The number of ether oxygens (including phenoxy) is 1. The van der Waals surface area contributed by atoms with Crippen molar-refractivity contribution < 1.29 is 9.53 Å². The molecule has 1 heterocycles.